The molecule has 1 N–H and O–H groups in total. The first-order valence-electron chi connectivity index (χ1n) is 5.55. The van der Waals surface area contributed by atoms with Crippen molar-refractivity contribution in [3.63, 3.8) is 0 Å². The van der Waals surface area contributed by atoms with Gasteiger partial charge < -0.3 is 5.32 Å². The first kappa shape index (κ1) is 12.7. The fourth-order valence-electron chi connectivity index (χ4n) is 1.57. The highest BCUT2D eigenvalue weighted by atomic mass is 32.1. The Morgan fingerprint density at radius 3 is 2.78 bits per heavy atom. The molecule has 0 fully saturated rings. The summed E-state index contributed by atoms with van der Waals surface area (Å²) >= 11 is 1.52. The highest BCUT2D eigenvalue weighted by Crippen LogP contribution is 2.16. The van der Waals surface area contributed by atoms with E-state index in [9.17, 15) is 9.18 Å². The van der Waals surface area contributed by atoms with Crippen molar-refractivity contribution >= 4 is 17.2 Å². The molecule has 1 aromatic heterocycles. The van der Waals surface area contributed by atoms with Crippen LogP contribution in [0.3, 0.4) is 0 Å². The molecule has 2 aromatic rings. The Morgan fingerprint density at radius 2 is 2.17 bits per heavy atom. The van der Waals surface area contributed by atoms with Crippen molar-refractivity contribution in [2.45, 2.75) is 19.9 Å². The monoisotopic (exact) mass is 264 g/mol. The Labute approximate surface area is 109 Å². The van der Waals surface area contributed by atoms with Crippen molar-refractivity contribution in [2.24, 2.45) is 0 Å². The summed E-state index contributed by atoms with van der Waals surface area (Å²) in [5.41, 5.74) is 0.846. The third kappa shape index (κ3) is 2.73. The van der Waals surface area contributed by atoms with E-state index < -0.39 is 11.7 Å². The number of aromatic nitrogens is 1. The molecule has 5 heteroatoms. The van der Waals surface area contributed by atoms with E-state index in [1.165, 1.54) is 23.5 Å². The highest BCUT2D eigenvalue weighted by molar-refractivity contribution is 7.09. The highest BCUT2D eigenvalue weighted by Gasteiger charge is 2.15. The summed E-state index contributed by atoms with van der Waals surface area (Å²) in [5.74, 6) is -0.942. The number of nitrogens with one attached hydrogen (secondary N) is 1. The third-order valence-corrected chi connectivity index (χ3v) is 3.34. The van der Waals surface area contributed by atoms with Crippen LogP contribution in [-0.4, -0.2) is 10.9 Å². The predicted octanol–water partition coefficient (Wildman–Crippen LogP) is 3.08. The molecule has 1 amide bonds. The summed E-state index contributed by atoms with van der Waals surface area (Å²) < 4.78 is 13.4. The molecule has 2 rings (SSSR count). The fourth-order valence-corrected chi connectivity index (χ4v) is 2.28. The summed E-state index contributed by atoms with van der Waals surface area (Å²) in [6.45, 7) is 3.73. The summed E-state index contributed by atoms with van der Waals surface area (Å²) in [7, 11) is 0. The number of halogens is 1. The van der Waals surface area contributed by atoms with Gasteiger partial charge in [0, 0.05) is 5.38 Å². The molecular weight excluding hydrogens is 251 g/mol. The van der Waals surface area contributed by atoms with Crippen LogP contribution in [0.1, 0.15) is 34.0 Å². The van der Waals surface area contributed by atoms with Crippen LogP contribution >= 0.6 is 11.3 Å². The summed E-state index contributed by atoms with van der Waals surface area (Å²) in [6, 6.07) is 5.69. The number of amides is 1. The van der Waals surface area contributed by atoms with E-state index in [0.29, 0.717) is 0 Å². The maximum atomic E-state index is 13.4. The van der Waals surface area contributed by atoms with Gasteiger partial charge in [0.25, 0.3) is 5.91 Å². The molecule has 0 saturated carbocycles. The first-order chi connectivity index (χ1) is 8.58. The Hall–Kier alpha value is -1.75. The number of hydrogen-bond acceptors (Lipinski definition) is 3. The van der Waals surface area contributed by atoms with Gasteiger partial charge in [-0.1, -0.05) is 12.1 Å². The number of carbonyl (C=O) groups excluding carboxylic acids is 1. The Bertz CT molecular complexity index is 568. The van der Waals surface area contributed by atoms with Gasteiger partial charge in [-0.15, -0.1) is 11.3 Å². The second-order valence-electron chi connectivity index (χ2n) is 3.97. The lowest BCUT2D eigenvalue weighted by molar-refractivity contribution is 0.0935. The second-order valence-corrected chi connectivity index (χ2v) is 5.03. The predicted molar refractivity (Wildman–Crippen MR) is 69.1 cm³/mol. The maximum absolute atomic E-state index is 13.4. The molecule has 0 radical (unpaired) electrons. The summed E-state index contributed by atoms with van der Waals surface area (Å²) in [4.78, 5) is 16.2. The molecule has 0 spiro atoms. The lowest BCUT2D eigenvalue weighted by Crippen LogP contribution is -2.27. The van der Waals surface area contributed by atoms with Crippen molar-refractivity contribution < 1.29 is 9.18 Å². The van der Waals surface area contributed by atoms with E-state index in [0.717, 1.165) is 10.7 Å². The van der Waals surface area contributed by atoms with Crippen LogP contribution in [0.4, 0.5) is 4.39 Å². The zero-order valence-corrected chi connectivity index (χ0v) is 10.9. The molecule has 3 nitrogen and oxygen atoms in total. The Kier molecular flexibility index (Phi) is 3.72. The number of hydrogen-bond donors (Lipinski definition) is 1. The Balaban J connectivity index is 2.10. The topological polar surface area (TPSA) is 42.0 Å². The van der Waals surface area contributed by atoms with Gasteiger partial charge in [0.15, 0.2) is 0 Å². The molecule has 18 heavy (non-hydrogen) atoms. The van der Waals surface area contributed by atoms with Crippen LogP contribution in [0.25, 0.3) is 0 Å². The number of aryl methyl sites for hydroxylation is 1. The van der Waals surface area contributed by atoms with Crippen LogP contribution < -0.4 is 5.32 Å². The maximum Gasteiger partial charge on any atom is 0.254 e. The first-order valence-corrected chi connectivity index (χ1v) is 6.43. The van der Waals surface area contributed by atoms with E-state index in [1.807, 2.05) is 19.2 Å². The van der Waals surface area contributed by atoms with Gasteiger partial charge >= 0.3 is 0 Å². The zero-order chi connectivity index (χ0) is 13.1. The number of nitrogens with zero attached hydrogens (tertiary/aromatic N) is 1. The van der Waals surface area contributed by atoms with Gasteiger partial charge in [0.2, 0.25) is 0 Å². The minimum atomic E-state index is -0.517. The van der Waals surface area contributed by atoms with E-state index in [4.69, 9.17) is 0 Å². The number of benzene rings is 1. The largest absolute Gasteiger partial charge is 0.344 e. The van der Waals surface area contributed by atoms with Crippen molar-refractivity contribution in [1.29, 1.82) is 0 Å². The molecular formula is C13H13FN2OS. The normalized spacial score (nSPS) is 12.2. The lowest BCUT2D eigenvalue weighted by atomic mass is 10.1. The average Bonchev–Trinajstić information content (AvgIpc) is 2.76. The van der Waals surface area contributed by atoms with Crippen LogP contribution in [0.15, 0.2) is 29.6 Å². The van der Waals surface area contributed by atoms with Crippen molar-refractivity contribution in [3.8, 4) is 0 Å². The minimum Gasteiger partial charge on any atom is -0.344 e. The molecule has 94 valence electrons. The molecule has 0 aliphatic carbocycles. The van der Waals surface area contributed by atoms with E-state index in [2.05, 4.69) is 10.3 Å². The van der Waals surface area contributed by atoms with Gasteiger partial charge in [-0.05, 0) is 26.0 Å². The summed E-state index contributed by atoms with van der Waals surface area (Å²) in [5, 5.41) is 5.56. The molecule has 1 unspecified atom stereocenters. The van der Waals surface area contributed by atoms with Crippen LogP contribution in [0, 0.1) is 12.7 Å². The lowest BCUT2D eigenvalue weighted by Gasteiger charge is -2.11. The van der Waals surface area contributed by atoms with Crippen molar-refractivity contribution in [3.05, 3.63) is 51.7 Å². The SMILES string of the molecule is Cc1nc(C(C)NC(=O)c2ccccc2F)cs1. The van der Waals surface area contributed by atoms with Crippen LogP contribution in [-0.2, 0) is 0 Å². The third-order valence-electron chi connectivity index (χ3n) is 2.55. The van der Waals surface area contributed by atoms with Gasteiger partial charge in [-0.25, -0.2) is 9.37 Å². The standard InChI is InChI=1S/C13H13FN2OS/c1-8(12-7-18-9(2)16-12)15-13(17)10-5-3-4-6-11(10)14/h3-8H,1-2H3,(H,15,17). The van der Waals surface area contributed by atoms with Crippen molar-refractivity contribution in [1.82, 2.24) is 10.3 Å². The average molecular weight is 264 g/mol. The Morgan fingerprint density at radius 1 is 1.44 bits per heavy atom. The molecule has 1 heterocycles. The molecule has 1 atom stereocenters. The second kappa shape index (κ2) is 5.27. The summed E-state index contributed by atoms with van der Waals surface area (Å²) in [6.07, 6.45) is 0. The number of rotatable bonds is 3. The van der Waals surface area contributed by atoms with Gasteiger partial charge in [-0.2, -0.15) is 0 Å². The van der Waals surface area contributed by atoms with E-state index in [1.54, 1.807) is 12.1 Å². The fraction of sp³-hybridized carbons (Fsp3) is 0.231. The zero-order valence-electron chi connectivity index (χ0n) is 10.1. The van der Waals surface area contributed by atoms with Gasteiger partial charge in [0.05, 0.1) is 22.3 Å². The number of carbonyl (C=O) groups is 1. The van der Waals surface area contributed by atoms with Gasteiger partial charge in [0.1, 0.15) is 5.82 Å². The molecule has 0 saturated heterocycles. The molecule has 0 aliphatic heterocycles. The van der Waals surface area contributed by atoms with Gasteiger partial charge in [-0.3, -0.25) is 4.79 Å². The smallest absolute Gasteiger partial charge is 0.254 e. The van der Waals surface area contributed by atoms with Crippen molar-refractivity contribution in [2.75, 3.05) is 0 Å². The van der Waals surface area contributed by atoms with Crippen LogP contribution in [0.2, 0.25) is 0 Å². The number of thiazole rings is 1. The molecule has 1 aromatic carbocycles. The quantitative estimate of drug-likeness (QED) is 0.925. The van der Waals surface area contributed by atoms with E-state index in [-0.39, 0.29) is 11.6 Å². The minimum absolute atomic E-state index is 0.0521. The van der Waals surface area contributed by atoms with E-state index >= 15 is 0 Å². The van der Waals surface area contributed by atoms with Crippen LogP contribution in [0.5, 0.6) is 0 Å². The molecule has 0 aliphatic rings. The molecule has 0 bridgehead atoms.